The molecule has 1 aromatic carbocycles. The molecular formula is C12H12N2O6S. The van der Waals surface area contributed by atoms with Gasteiger partial charge in [0, 0.05) is 17.9 Å². The van der Waals surface area contributed by atoms with Crippen molar-refractivity contribution in [1.82, 2.24) is 4.90 Å². The first-order valence-corrected chi connectivity index (χ1v) is 7.12. The van der Waals surface area contributed by atoms with Crippen molar-refractivity contribution in [3.63, 3.8) is 0 Å². The second-order valence-electron chi connectivity index (χ2n) is 4.30. The summed E-state index contributed by atoms with van der Waals surface area (Å²) in [6.45, 7) is -0.0651. The number of thioether (sulfide) groups is 1. The molecule has 21 heavy (non-hydrogen) atoms. The van der Waals surface area contributed by atoms with Crippen LogP contribution in [0.1, 0.15) is 5.56 Å². The molecule has 1 fully saturated rings. The Bertz CT molecular complexity index is 561. The first-order chi connectivity index (χ1) is 9.99. The molecule has 0 radical (unpaired) electrons. The van der Waals surface area contributed by atoms with Crippen LogP contribution in [0.3, 0.4) is 0 Å². The van der Waals surface area contributed by atoms with Gasteiger partial charge < -0.3 is 9.84 Å². The SMILES string of the molecule is O=C(O)[C@@H]1CSCN1C(=O)OCc1ccc([N+](=O)[O-])cc1. The molecule has 0 unspecified atom stereocenters. The molecule has 1 amide bonds. The molecule has 0 spiro atoms. The van der Waals surface area contributed by atoms with E-state index in [1.807, 2.05) is 0 Å². The number of carbonyl (C=O) groups is 2. The highest BCUT2D eigenvalue weighted by Crippen LogP contribution is 2.22. The summed E-state index contributed by atoms with van der Waals surface area (Å²) in [4.78, 5) is 33.9. The summed E-state index contributed by atoms with van der Waals surface area (Å²) in [5.41, 5.74) is 0.541. The Morgan fingerprint density at radius 1 is 1.43 bits per heavy atom. The number of ether oxygens (including phenoxy) is 1. The number of carboxylic acids is 1. The second kappa shape index (κ2) is 6.44. The number of nitro groups is 1. The maximum absolute atomic E-state index is 11.8. The molecule has 0 bridgehead atoms. The Balaban J connectivity index is 1.91. The minimum Gasteiger partial charge on any atom is -0.480 e. The average molecular weight is 312 g/mol. The van der Waals surface area contributed by atoms with Gasteiger partial charge in [0.05, 0.1) is 10.8 Å². The second-order valence-corrected chi connectivity index (χ2v) is 5.30. The summed E-state index contributed by atoms with van der Waals surface area (Å²) in [5, 5.41) is 19.5. The zero-order valence-electron chi connectivity index (χ0n) is 10.8. The van der Waals surface area contributed by atoms with E-state index in [0.29, 0.717) is 11.3 Å². The molecule has 0 saturated carbocycles. The molecule has 1 N–H and O–H groups in total. The van der Waals surface area contributed by atoms with Gasteiger partial charge in [0.25, 0.3) is 5.69 Å². The highest BCUT2D eigenvalue weighted by Gasteiger charge is 2.35. The van der Waals surface area contributed by atoms with Crippen LogP contribution in [0.25, 0.3) is 0 Å². The summed E-state index contributed by atoms with van der Waals surface area (Å²) in [7, 11) is 0. The van der Waals surface area contributed by atoms with Crippen molar-refractivity contribution in [2.24, 2.45) is 0 Å². The van der Waals surface area contributed by atoms with E-state index >= 15 is 0 Å². The molecule has 1 aromatic rings. The smallest absolute Gasteiger partial charge is 0.411 e. The highest BCUT2D eigenvalue weighted by molar-refractivity contribution is 7.99. The molecule has 9 heteroatoms. The number of carbonyl (C=O) groups excluding carboxylic acids is 1. The van der Waals surface area contributed by atoms with Gasteiger partial charge in [-0.05, 0) is 17.7 Å². The normalized spacial score (nSPS) is 17.5. The first kappa shape index (κ1) is 15.1. The summed E-state index contributed by atoms with van der Waals surface area (Å²) >= 11 is 1.34. The van der Waals surface area contributed by atoms with Gasteiger partial charge in [0.1, 0.15) is 12.6 Å². The quantitative estimate of drug-likeness (QED) is 0.665. The van der Waals surface area contributed by atoms with E-state index in [0.717, 1.165) is 4.90 Å². The van der Waals surface area contributed by atoms with Crippen LogP contribution < -0.4 is 0 Å². The number of nitro benzene ring substituents is 1. The lowest BCUT2D eigenvalue weighted by molar-refractivity contribution is -0.384. The zero-order valence-corrected chi connectivity index (χ0v) is 11.6. The van der Waals surface area contributed by atoms with Gasteiger partial charge in [-0.25, -0.2) is 9.59 Å². The molecule has 8 nitrogen and oxygen atoms in total. The lowest BCUT2D eigenvalue weighted by Crippen LogP contribution is -2.41. The maximum atomic E-state index is 11.8. The molecule has 1 aliphatic rings. The van der Waals surface area contributed by atoms with Gasteiger partial charge in [0.15, 0.2) is 0 Å². The van der Waals surface area contributed by atoms with E-state index < -0.39 is 23.0 Å². The Hall–Kier alpha value is -2.29. The van der Waals surface area contributed by atoms with Crippen LogP contribution in [-0.2, 0) is 16.1 Å². The topological polar surface area (TPSA) is 110 Å². The van der Waals surface area contributed by atoms with Crippen molar-refractivity contribution in [3.8, 4) is 0 Å². The van der Waals surface area contributed by atoms with E-state index in [2.05, 4.69) is 0 Å². The molecule has 1 aliphatic heterocycles. The third-order valence-electron chi connectivity index (χ3n) is 2.91. The van der Waals surface area contributed by atoms with Gasteiger partial charge in [-0.15, -0.1) is 11.8 Å². The third-order valence-corrected chi connectivity index (χ3v) is 3.92. The van der Waals surface area contributed by atoms with Crippen molar-refractivity contribution in [2.45, 2.75) is 12.6 Å². The van der Waals surface area contributed by atoms with Crippen molar-refractivity contribution in [3.05, 3.63) is 39.9 Å². The fourth-order valence-electron chi connectivity index (χ4n) is 1.77. The monoisotopic (exact) mass is 312 g/mol. The van der Waals surface area contributed by atoms with Gasteiger partial charge >= 0.3 is 12.1 Å². The van der Waals surface area contributed by atoms with Crippen LogP contribution in [0.5, 0.6) is 0 Å². The fraction of sp³-hybridized carbons (Fsp3) is 0.333. The summed E-state index contributed by atoms with van der Waals surface area (Å²) in [5.74, 6) is -0.454. The summed E-state index contributed by atoms with van der Waals surface area (Å²) in [6, 6.07) is 4.72. The first-order valence-electron chi connectivity index (χ1n) is 5.96. The number of nitrogens with zero attached hydrogens (tertiary/aromatic N) is 2. The minimum absolute atomic E-state index is 0.0491. The van der Waals surface area contributed by atoms with Crippen LogP contribution in [0.2, 0.25) is 0 Å². The van der Waals surface area contributed by atoms with Gasteiger partial charge in [-0.2, -0.15) is 0 Å². The van der Waals surface area contributed by atoms with Crippen molar-refractivity contribution in [2.75, 3.05) is 11.6 Å². The van der Waals surface area contributed by atoms with E-state index in [9.17, 15) is 19.7 Å². The average Bonchev–Trinajstić information content (AvgIpc) is 2.95. The van der Waals surface area contributed by atoms with Gasteiger partial charge in [0.2, 0.25) is 0 Å². The van der Waals surface area contributed by atoms with Crippen molar-refractivity contribution < 1.29 is 24.4 Å². The molecular weight excluding hydrogens is 300 g/mol. The van der Waals surface area contributed by atoms with E-state index in [1.165, 1.54) is 36.0 Å². The zero-order chi connectivity index (χ0) is 15.4. The van der Waals surface area contributed by atoms with Gasteiger partial charge in [-0.3, -0.25) is 15.0 Å². The Kier molecular flexibility index (Phi) is 4.63. The Morgan fingerprint density at radius 3 is 2.67 bits per heavy atom. The van der Waals surface area contributed by atoms with Crippen molar-refractivity contribution >= 4 is 29.5 Å². The molecule has 112 valence electrons. The van der Waals surface area contributed by atoms with Crippen LogP contribution in [-0.4, -0.2) is 44.7 Å². The van der Waals surface area contributed by atoms with E-state index in [4.69, 9.17) is 9.84 Å². The minimum atomic E-state index is -1.06. The number of benzene rings is 1. The molecule has 0 aromatic heterocycles. The van der Waals surface area contributed by atoms with Crippen molar-refractivity contribution in [1.29, 1.82) is 0 Å². The standard InChI is InChI=1S/C12H12N2O6S/c15-11(16)10-6-21-7-13(10)12(17)20-5-8-1-3-9(4-2-8)14(18)19/h1-4,10H,5-7H2,(H,15,16)/t10-/m0/s1. The predicted molar refractivity (Wildman–Crippen MR) is 73.9 cm³/mol. The number of non-ortho nitro benzene ring substituents is 1. The fourth-order valence-corrected chi connectivity index (χ4v) is 2.90. The molecule has 1 heterocycles. The van der Waals surface area contributed by atoms with Gasteiger partial charge in [-0.1, -0.05) is 0 Å². The lowest BCUT2D eigenvalue weighted by Gasteiger charge is -2.19. The highest BCUT2D eigenvalue weighted by atomic mass is 32.2. The molecule has 2 rings (SSSR count). The largest absolute Gasteiger partial charge is 0.480 e. The lowest BCUT2D eigenvalue weighted by atomic mass is 10.2. The Morgan fingerprint density at radius 2 is 2.10 bits per heavy atom. The maximum Gasteiger partial charge on any atom is 0.411 e. The third kappa shape index (κ3) is 3.63. The number of hydrogen-bond acceptors (Lipinski definition) is 6. The Labute approximate surface area is 123 Å². The molecule has 1 saturated heterocycles. The number of hydrogen-bond donors (Lipinski definition) is 1. The van der Waals surface area contributed by atoms with E-state index in [1.54, 1.807) is 0 Å². The van der Waals surface area contributed by atoms with Crippen LogP contribution in [0.4, 0.5) is 10.5 Å². The van der Waals surface area contributed by atoms with Crippen LogP contribution in [0.15, 0.2) is 24.3 Å². The number of carboxylic acid groups (broad SMARTS) is 1. The van der Waals surface area contributed by atoms with Crippen LogP contribution >= 0.6 is 11.8 Å². The number of rotatable bonds is 4. The molecule has 0 aliphatic carbocycles. The summed E-state index contributed by atoms with van der Waals surface area (Å²) in [6.07, 6.45) is -0.703. The number of amides is 1. The summed E-state index contributed by atoms with van der Waals surface area (Å²) < 4.78 is 5.03. The predicted octanol–water partition coefficient (Wildman–Crippen LogP) is 1.69. The van der Waals surface area contributed by atoms with E-state index in [-0.39, 0.29) is 18.2 Å². The molecule has 1 atom stereocenters. The van der Waals surface area contributed by atoms with Crippen LogP contribution in [0, 0.1) is 10.1 Å². The number of aliphatic carboxylic acids is 1.